The minimum Gasteiger partial charge on any atom is -0.355 e. The van der Waals surface area contributed by atoms with Gasteiger partial charge in [-0.05, 0) is 13.3 Å². The van der Waals surface area contributed by atoms with Crippen LogP contribution in [0, 0.1) is 0 Å². The molecule has 0 heterocycles. The Labute approximate surface area is 92.5 Å². The van der Waals surface area contributed by atoms with Gasteiger partial charge in [0.15, 0.2) is 9.84 Å². The molecule has 1 amide bonds. The molecule has 0 rings (SSSR count). The number of hydrogen-bond acceptors (Lipinski definition) is 3. The van der Waals surface area contributed by atoms with Crippen LogP contribution in [0.15, 0.2) is 0 Å². The second kappa shape index (κ2) is 5.79. The van der Waals surface area contributed by atoms with Crippen LogP contribution in [0.3, 0.4) is 0 Å². The van der Waals surface area contributed by atoms with E-state index < -0.39 is 21.0 Å². The van der Waals surface area contributed by atoms with E-state index in [1.165, 1.54) is 6.92 Å². The molecule has 0 aromatic heterocycles. The van der Waals surface area contributed by atoms with Gasteiger partial charge >= 0.3 is 0 Å². The lowest BCUT2D eigenvalue weighted by molar-refractivity contribution is -0.120. The first-order valence-corrected chi connectivity index (χ1v) is 7.40. The summed E-state index contributed by atoms with van der Waals surface area (Å²) in [5.74, 6) is -0.410. The first kappa shape index (κ1) is 13.2. The number of carbonyl (C=O) groups excluding carboxylic acids is 1. The van der Waals surface area contributed by atoms with Gasteiger partial charge in [-0.3, -0.25) is 4.79 Å². The van der Waals surface area contributed by atoms with Crippen molar-refractivity contribution in [2.24, 2.45) is 0 Å². The van der Waals surface area contributed by atoms with E-state index in [0.717, 1.165) is 17.1 Å². The number of nitrogens with one attached hydrogen (secondary N) is 1. The summed E-state index contributed by atoms with van der Waals surface area (Å²) in [7, 11) is -3.25. The van der Waals surface area contributed by atoms with Crippen molar-refractivity contribution in [2.75, 3.05) is 17.2 Å². The van der Waals surface area contributed by atoms with Gasteiger partial charge in [0.2, 0.25) is 5.91 Å². The molecule has 0 aliphatic rings. The highest BCUT2D eigenvalue weighted by molar-refractivity contribution is 14.1. The fraction of sp³-hybridized carbons (Fsp3) is 0.857. The maximum atomic E-state index is 11.2. The molecule has 0 saturated carbocycles. The molecular weight excluding hydrogens is 305 g/mol. The molecule has 1 N–H and O–H groups in total. The smallest absolute Gasteiger partial charge is 0.238 e. The second-order valence-electron chi connectivity index (χ2n) is 2.81. The molecule has 0 spiro atoms. The van der Waals surface area contributed by atoms with Crippen molar-refractivity contribution in [3.8, 4) is 0 Å². The number of amides is 1. The molecule has 1 unspecified atom stereocenters. The molecule has 0 radical (unpaired) electrons. The number of halogens is 1. The van der Waals surface area contributed by atoms with E-state index >= 15 is 0 Å². The maximum absolute atomic E-state index is 11.2. The Morgan fingerprint density at radius 3 is 2.46 bits per heavy atom. The Hall–Kier alpha value is 0.150. The van der Waals surface area contributed by atoms with Crippen LogP contribution in [-0.4, -0.2) is 36.8 Å². The topological polar surface area (TPSA) is 63.2 Å². The summed E-state index contributed by atoms with van der Waals surface area (Å²) < 4.78 is 22.8. The van der Waals surface area contributed by atoms with E-state index in [1.807, 2.05) is 0 Å². The van der Waals surface area contributed by atoms with Crippen LogP contribution in [0.25, 0.3) is 0 Å². The number of rotatable bonds is 5. The molecule has 13 heavy (non-hydrogen) atoms. The number of hydrogen-bond donors (Lipinski definition) is 1. The minimum atomic E-state index is -3.25. The molecule has 6 heteroatoms. The third-order valence-electron chi connectivity index (χ3n) is 1.62. The van der Waals surface area contributed by atoms with Crippen molar-refractivity contribution < 1.29 is 13.2 Å². The van der Waals surface area contributed by atoms with E-state index in [0.29, 0.717) is 6.54 Å². The highest BCUT2D eigenvalue weighted by atomic mass is 127. The zero-order chi connectivity index (χ0) is 10.5. The zero-order valence-electron chi connectivity index (χ0n) is 7.71. The minimum absolute atomic E-state index is 0.410. The molecule has 0 aliphatic heterocycles. The largest absolute Gasteiger partial charge is 0.355 e. The van der Waals surface area contributed by atoms with Crippen molar-refractivity contribution in [1.29, 1.82) is 0 Å². The fourth-order valence-electron chi connectivity index (χ4n) is 0.617. The van der Waals surface area contributed by atoms with Crippen LogP contribution in [0.5, 0.6) is 0 Å². The van der Waals surface area contributed by atoms with E-state index in [4.69, 9.17) is 0 Å². The molecule has 4 nitrogen and oxygen atoms in total. The van der Waals surface area contributed by atoms with E-state index in [-0.39, 0.29) is 0 Å². The normalized spacial score (nSPS) is 13.8. The molecule has 0 saturated heterocycles. The Morgan fingerprint density at radius 1 is 1.54 bits per heavy atom. The predicted molar refractivity (Wildman–Crippen MR) is 60.8 cm³/mol. The average molecular weight is 319 g/mol. The maximum Gasteiger partial charge on any atom is 0.238 e. The van der Waals surface area contributed by atoms with Crippen LogP contribution >= 0.6 is 22.6 Å². The lowest BCUT2D eigenvalue weighted by Gasteiger charge is -2.09. The quantitative estimate of drug-likeness (QED) is 0.452. The van der Waals surface area contributed by atoms with Gasteiger partial charge in [0.05, 0.1) is 0 Å². The lowest BCUT2D eigenvalue weighted by Crippen LogP contribution is -2.37. The summed E-state index contributed by atoms with van der Waals surface area (Å²) in [6.45, 7) is 1.94. The van der Waals surface area contributed by atoms with Gasteiger partial charge in [0.1, 0.15) is 5.25 Å². The van der Waals surface area contributed by atoms with Crippen LogP contribution in [0.1, 0.15) is 13.3 Å². The Morgan fingerprint density at radius 2 is 2.08 bits per heavy atom. The Bertz CT molecular complexity index is 263. The second-order valence-corrected chi connectivity index (χ2v) is 6.25. The first-order chi connectivity index (χ1) is 5.89. The standard InChI is InChI=1S/C7H14INO3S/c1-6(13(2,11)12)7(10)9-5-3-4-8/h6H,3-5H2,1-2H3,(H,9,10). The monoisotopic (exact) mass is 319 g/mol. The molecule has 0 fully saturated rings. The van der Waals surface area contributed by atoms with Gasteiger partial charge in [0, 0.05) is 17.2 Å². The molecule has 0 aromatic rings. The van der Waals surface area contributed by atoms with Crippen LogP contribution in [0.2, 0.25) is 0 Å². The molecule has 0 aliphatic carbocycles. The molecule has 78 valence electrons. The Balaban J connectivity index is 3.99. The summed E-state index contributed by atoms with van der Waals surface area (Å²) in [5.41, 5.74) is 0. The van der Waals surface area contributed by atoms with Gasteiger partial charge in [-0.25, -0.2) is 8.42 Å². The van der Waals surface area contributed by atoms with Gasteiger partial charge in [0.25, 0.3) is 0 Å². The summed E-state index contributed by atoms with van der Waals surface area (Å²) in [4.78, 5) is 11.2. The van der Waals surface area contributed by atoms with Crippen molar-refractivity contribution in [3.63, 3.8) is 0 Å². The van der Waals surface area contributed by atoms with E-state index in [1.54, 1.807) is 0 Å². The average Bonchev–Trinajstić information content (AvgIpc) is 2.01. The Kier molecular flexibility index (Phi) is 5.86. The zero-order valence-corrected chi connectivity index (χ0v) is 10.7. The highest BCUT2D eigenvalue weighted by Gasteiger charge is 2.22. The van der Waals surface area contributed by atoms with Crippen LogP contribution < -0.4 is 5.32 Å². The van der Waals surface area contributed by atoms with Crippen molar-refractivity contribution in [1.82, 2.24) is 5.32 Å². The molecule has 1 atom stereocenters. The summed E-state index contributed by atoms with van der Waals surface area (Å²) in [5, 5.41) is 1.62. The lowest BCUT2D eigenvalue weighted by atomic mass is 10.4. The van der Waals surface area contributed by atoms with Gasteiger partial charge in [-0.2, -0.15) is 0 Å². The highest BCUT2D eigenvalue weighted by Crippen LogP contribution is 1.97. The first-order valence-electron chi connectivity index (χ1n) is 3.92. The third-order valence-corrected chi connectivity index (χ3v) is 3.88. The summed E-state index contributed by atoms with van der Waals surface area (Å²) in [6, 6.07) is 0. The van der Waals surface area contributed by atoms with E-state index in [2.05, 4.69) is 27.9 Å². The van der Waals surface area contributed by atoms with Crippen LogP contribution in [0.4, 0.5) is 0 Å². The van der Waals surface area contributed by atoms with E-state index in [9.17, 15) is 13.2 Å². The van der Waals surface area contributed by atoms with Crippen molar-refractivity contribution in [2.45, 2.75) is 18.6 Å². The predicted octanol–water partition coefficient (Wildman–Crippen LogP) is 0.361. The summed E-state index contributed by atoms with van der Waals surface area (Å²) >= 11 is 2.20. The van der Waals surface area contributed by atoms with Gasteiger partial charge < -0.3 is 5.32 Å². The number of sulfone groups is 1. The van der Waals surface area contributed by atoms with Crippen molar-refractivity contribution >= 4 is 38.3 Å². The third kappa shape index (κ3) is 5.45. The van der Waals surface area contributed by atoms with Gasteiger partial charge in [-0.15, -0.1) is 0 Å². The molecule has 0 aromatic carbocycles. The summed E-state index contributed by atoms with van der Waals surface area (Å²) in [6.07, 6.45) is 1.93. The van der Waals surface area contributed by atoms with Crippen LogP contribution in [-0.2, 0) is 14.6 Å². The number of alkyl halides is 1. The SMILES string of the molecule is CC(C(=O)NCCCI)S(C)(=O)=O. The van der Waals surface area contributed by atoms with Crippen molar-refractivity contribution in [3.05, 3.63) is 0 Å². The number of carbonyl (C=O) groups is 1. The molecular formula is C7H14INO3S. The fourth-order valence-corrected chi connectivity index (χ4v) is 1.47. The molecule has 0 bridgehead atoms. The van der Waals surface area contributed by atoms with Gasteiger partial charge in [-0.1, -0.05) is 22.6 Å².